The number of carbonyl (C=O) groups excluding carboxylic acids is 1. The van der Waals surface area contributed by atoms with E-state index in [1.54, 1.807) is 39.5 Å². The first kappa shape index (κ1) is 19.6. The van der Waals surface area contributed by atoms with Crippen molar-refractivity contribution in [1.82, 2.24) is 19.5 Å². The van der Waals surface area contributed by atoms with Crippen LogP contribution in [0, 0.1) is 6.92 Å². The molecule has 0 aliphatic heterocycles. The van der Waals surface area contributed by atoms with Gasteiger partial charge in [-0.25, -0.2) is 4.52 Å². The molecule has 0 bridgehead atoms. The lowest BCUT2D eigenvalue weighted by Gasteiger charge is -2.21. The number of rotatable bonds is 6. The van der Waals surface area contributed by atoms with Gasteiger partial charge in [0.05, 0.1) is 12.6 Å². The topological polar surface area (TPSA) is 68.4 Å². The Kier molecular flexibility index (Phi) is 5.48. The third-order valence-corrected chi connectivity index (χ3v) is 5.20. The van der Waals surface area contributed by atoms with Crippen LogP contribution < -0.4 is 10.9 Å². The highest BCUT2D eigenvalue weighted by Crippen LogP contribution is 2.17. The van der Waals surface area contributed by atoms with Gasteiger partial charge in [0.25, 0.3) is 11.5 Å². The maximum Gasteiger partial charge on any atom is 0.278 e. The van der Waals surface area contributed by atoms with Gasteiger partial charge in [-0.15, -0.1) is 0 Å². The number of hydrogen-bond donors (Lipinski definition) is 1. The zero-order valence-electron chi connectivity index (χ0n) is 17.1. The van der Waals surface area contributed by atoms with E-state index in [0.717, 1.165) is 11.1 Å². The predicted octanol–water partition coefficient (Wildman–Crippen LogP) is 3.73. The number of aromatic nitrogens is 3. The van der Waals surface area contributed by atoms with Crippen LogP contribution in [0.4, 0.5) is 0 Å². The second-order valence-electron chi connectivity index (χ2n) is 7.37. The van der Waals surface area contributed by atoms with Gasteiger partial charge >= 0.3 is 0 Å². The van der Waals surface area contributed by atoms with Crippen molar-refractivity contribution in [3.8, 4) is 0 Å². The molecule has 0 aliphatic rings. The molecule has 6 nitrogen and oxygen atoms in total. The summed E-state index contributed by atoms with van der Waals surface area (Å²) in [6.45, 7) is 4.34. The predicted molar refractivity (Wildman–Crippen MR) is 117 cm³/mol. The molecule has 0 radical (unpaired) electrons. The van der Waals surface area contributed by atoms with Crippen molar-refractivity contribution in [3.05, 3.63) is 106 Å². The number of benzene rings is 2. The third-order valence-electron chi connectivity index (χ3n) is 5.20. The van der Waals surface area contributed by atoms with Crippen molar-refractivity contribution in [2.45, 2.75) is 32.9 Å². The number of carbonyl (C=O) groups is 1. The fourth-order valence-electron chi connectivity index (χ4n) is 3.51. The van der Waals surface area contributed by atoms with Gasteiger partial charge in [0.15, 0.2) is 5.82 Å². The molecule has 1 atom stereocenters. The minimum Gasteiger partial charge on any atom is -0.342 e. The molecule has 30 heavy (non-hydrogen) atoms. The van der Waals surface area contributed by atoms with Crippen molar-refractivity contribution in [1.29, 1.82) is 0 Å². The Morgan fingerprint density at radius 3 is 2.47 bits per heavy atom. The fraction of sp³-hybridized carbons (Fsp3) is 0.208. The van der Waals surface area contributed by atoms with E-state index in [1.807, 2.05) is 56.3 Å². The molecule has 0 spiro atoms. The van der Waals surface area contributed by atoms with E-state index in [1.165, 1.54) is 0 Å². The summed E-state index contributed by atoms with van der Waals surface area (Å²) in [5.74, 6) is 0.352. The van der Waals surface area contributed by atoms with Crippen molar-refractivity contribution < 1.29 is 4.79 Å². The van der Waals surface area contributed by atoms with Crippen LogP contribution >= 0.6 is 0 Å². The summed E-state index contributed by atoms with van der Waals surface area (Å²) in [5, 5.41) is 7.74. The van der Waals surface area contributed by atoms with Gasteiger partial charge in [-0.3, -0.25) is 14.2 Å². The summed E-state index contributed by atoms with van der Waals surface area (Å²) >= 11 is 0. The Morgan fingerprint density at radius 2 is 1.77 bits per heavy atom. The minimum atomic E-state index is -0.401. The minimum absolute atomic E-state index is 0.128. The molecule has 6 heteroatoms. The highest BCUT2D eigenvalue weighted by Gasteiger charge is 2.22. The summed E-state index contributed by atoms with van der Waals surface area (Å²) in [4.78, 5) is 26.1. The fourth-order valence-corrected chi connectivity index (χ4v) is 3.51. The summed E-state index contributed by atoms with van der Waals surface area (Å²) in [6, 6.07) is 20.4. The van der Waals surface area contributed by atoms with Gasteiger partial charge in [-0.05, 0) is 43.2 Å². The SMILES string of the molecule is CCC(NC(=O)c1ccc(C)cc1)c1nn2cccc2c(=O)n1Cc1ccccc1. The standard InChI is InChI=1S/C24H24N4O2/c1-3-20(25-23(29)19-13-11-17(2)12-14-19)22-26-28-15-7-10-21(28)24(30)27(22)16-18-8-5-4-6-9-18/h4-15,20H,3,16H2,1-2H3,(H,25,29). The lowest BCUT2D eigenvalue weighted by Crippen LogP contribution is -2.36. The lowest BCUT2D eigenvalue weighted by molar-refractivity contribution is 0.0932. The Labute approximate surface area is 174 Å². The molecule has 2 heterocycles. The van der Waals surface area contributed by atoms with E-state index in [2.05, 4.69) is 10.4 Å². The molecule has 4 aromatic rings. The molecular formula is C24H24N4O2. The smallest absolute Gasteiger partial charge is 0.278 e. The highest BCUT2D eigenvalue weighted by molar-refractivity contribution is 5.94. The molecule has 1 unspecified atom stereocenters. The Morgan fingerprint density at radius 1 is 1.03 bits per heavy atom. The molecular weight excluding hydrogens is 376 g/mol. The number of nitrogens with zero attached hydrogens (tertiary/aromatic N) is 3. The average Bonchev–Trinajstić information content (AvgIpc) is 3.24. The average molecular weight is 400 g/mol. The van der Waals surface area contributed by atoms with Crippen LogP contribution in [0.5, 0.6) is 0 Å². The van der Waals surface area contributed by atoms with E-state index in [9.17, 15) is 9.59 Å². The van der Waals surface area contributed by atoms with E-state index in [0.29, 0.717) is 29.9 Å². The summed E-state index contributed by atoms with van der Waals surface area (Å²) in [5.41, 5.74) is 3.05. The van der Waals surface area contributed by atoms with Crippen LogP contribution in [0.15, 0.2) is 77.7 Å². The van der Waals surface area contributed by atoms with Gasteiger partial charge < -0.3 is 5.32 Å². The first-order valence-corrected chi connectivity index (χ1v) is 10.1. The quantitative estimate of drug-likeness (QED) is 0.536. The van der Waals surface area contributed by atoms with E-state index >= 15 is 0 Å². The molecule has 0 saturated carbocycles. The number of fused-ring (bicyclic) bond motifs is 1. The van der Waals surface area contributed by atoms with Crippen LogP contribution in [0.2, 0.25) is 0 Å². The van der Waals surface area contributed by atoms with Crippen LogP contribution in [-0.2, 0) is 6.54 Å². The molecule has 0 aliphatic carbocycles. The monoisotopic (exact) mass is 400 g/mol. The van der Waals surface area contributed by atoms with Gasteiger partial charge in [0, 0.05) is 11.8 Å². The van der Waals surface area contributed by atoms with Crippen LogP contribution in [-0.4, -0.2) is 20.1 Å². The van der Waals surface area contributed by atoms with Crippen molar-refractivity contribution in [2.24, 2.45) is 0 Å². The summed E-state index contributed by atoms with van der Waals surface area (Å²) in [7, 11) is 0. The molecule has 1 amide bonds. The van der Waals surface area contributed by atoms with Crippen LogP contribution in [0.1, 0.15) is 46.7 Å². The van der Waals surface area contributed by atoms with Crippen molar-refractivity contribution in [3.63, 3.8) is 0 Å². The summed E-state index contributed by atoms with van der Waals surface area (Å²) in [6.07, 6.45) is 2.35. The van der Waals surface area contributed by atoms with Gasteiger partial charge in [-0.2, -0.15) is 5.10 Å². The zero-order chi connectivity index (χ0) is 21.1. The number of amides is 1. The molecule has 4 rings (SSSR count). The van der Waals surface area contributed by atoms with Gasteiger partial charge in [0.2, 0.25) is 0 Å². The number of nitrogens with one attached hydrogen (secondary N) is 1. The maximum absolute atomic E-state index is 13.2. The number of hydrogen-bond acceptors (Lipinski definition) is 3. The van der Waals surface area contributed by atoms with Gasteiger partial charge in [-0.1, -0.05) is 55.0 Å². The van der Waals surface area contributed by atoms with E-state index < -0.39 is 6.04 Å². The lowest BCUT2D eigenvalue weighted by atomic mass is 10.1. The number of aryl methyl sites for hydroxylation is 1. The Balaban J connectivity index is 1.74. The third kappa shape index (κ3) is 3.89. The Bertz CT molecular complexity index is 1220. The molecule has 2 aromatic heterocycles. The highest BCUT2D eigenvalue weighted by atomic mass is 16.2. The first-order valence-electron chi connectivity index (χ1n) is 10.1. The normalized spacial score (nSPS) is 12.1. The second kappa shape index (κ2) is 8.37. The Hall–Kier alpha value is -3.67. The molecule has 0 saturated heterocycles. The summed E-state index contributed by atoms with van der Waals surface area (Å²) < 4.78 is 3.24. The van der Waals surface area contributed by atoms with Gasteiger partial charge in [0.1, 0.15) is 5.52 Å². The molecule has 2 aromatic carbocycles. The molecule has 152 valence electrons. The largest absolute Gasteiger partial charge is 0.342 e. The van der Waals surface area contributed by atoms with E-state index in [4.69, 9.17) is 0 Å². The van der Waals surface area contributed by atoms with Crippen LogP contribution in [0.25, 0.3) is 5.52 Å². The van der Waals surface area contributed by atoms with Crippen LogP contribution in [0.3, 0.4) is 0 Å². The van der Waals surface area contributed by atoms with Crippen molar-refractivity contribution >= 4 is 11.4 Å². The maximum atomic E-state index is 13.2. The second-order valence-corrected chi connectivity index (χ2v) is 7.37. The zero-order valence-corrected chi connectivity index (χ0v) is 17.1. The van der Waals surface area contributed by atoms with Crippen molar-refractivity contribution in [2.75, 3.05) is 0 Å². The molecule has 1 N–H and O–H groups in total. The van der Waals surface area contributed by atoms with E-state index in [-0.39, 0.29) is 11.5 Å². The first-order chi connectivity index (χ1) is 14.6. The molecule has 0 fully saturated rings.